The number of aromatic hydroxyl groups is 1. The van der Waals surface area contributed by atoms with Gasteiger partial charge in [0, 0.05) is 37.5 Å². The van der Waals surface area contributed by atoms with Crippen LogP contribution in [0.5, 0.6) is 11.5 Å². The van der Waals surface area contributed by atoms with Gasteiger partial charge in [-0.2, -0.15) is 0 Å². The number of benzene rings is 3. The van der Waals surface area contributed by atoms with Crippen molar-refractivity contribution in [3.63, 3.8) is 0 Å². The fourth-order valence-corrected chi connectivity index (χ4v) is 7.42. The SMILES string of the molecule is C=CC(=O)N1CC2CCOc3c(c4cc(F)c(-c5c(O)cccc5F)c(F)c4n(-c4c(C)cc(CN(C)C)cc4C(C)C)c3=O)N2CC1C. The van der Waals surface area contributed by atoms with Gasteiger partial charge in [-0.3, -0.25) is 14.2 Å². The van der Waals surface area contributed by atoms with Gasteiger partial charge in [0.05, 0.1) is 40.7 Å². The number of amides is 1. The minimum Gasteiger partial charge on any atom is -0.507 e. The molecular weight excluding hydrogens is 633 g/mol. The molecule has 8 nitrogen and oxygen atoms in total. The van der Waals surface area contributed by atoms with Gasteiger partial charge in [-0.1, -0.05) is 38.6 Å². The normalized spacial score (nSPS) is 17.6. The monoisotopic (exact) mass is 674 g/mol. The molecule has 11 heteroatoms. The fraction of sp³-hybridized carbons (Fsp3) is 0.368. The molecule has 49 heavy (non-hydrogen) atoms. The molecule has 2 atom stereocenters. The summed E-state index contributed by atoms with van der Waals surface area (Å²) in [6.45, 7) is 12.6. The van der Waals surface area contributed by atoms with E-state index in [0.29, 0.717) is 24.2 Å². The van der Waals surface area contributed by atoms with E-state index in [1.165, 1.54) is 16.7 Å². The lowest BCUT2D eigenvalue weighted by molar-refractivity contribution is -0.129. The summed E-state index contributed by atoms with van der Waals surface area (Å²) in [5.41, 5.74) is 0.716. The highest BCUT2D eigenvalue weighted by Gasteiger charge is 2.40. The van der Waals surface area contributed by atoms with Gasteiger partial charge in [0.2, 0.25) is 11.7 Å². The number of phenols is 1. The summed E-state index contributed by atoms with van der Waals surface area (Å²) >= 11 is 0. The molecule has 0 radical (unpaired) electrons. The summed E-state index contributed by atoms with van der Waals surface area (Å²) in [6.07, 6.45) is 1.69. The number of hydrogen-bond acceptors (Lipinski definition) is 6. The first-order valence-corrected chi connectivity index (χ1v) is 16.4. The number of halogens is 3. The Labute approximate surface area is 283 Å². The number of anilines is 1. The van der Waals surface area contributed by atoms with Crippen LogP contribution in [0.25, 0.3) is 27.7 Å². The number of piperazine rings is 1. The van der Waals surface area contributed by atoms with Crippen LogP contribution in [0.3, 0.4) is 0 Å². The first kappa shape index (κ1) is 34.1. The molecule has 0 bridgehead atoms. The molecule has 258 valence electrons. The number of pyridine rings is 1. The van der Waals surface area contributed by atoms with E-state index in [1.807, 2.05) is 63.7 Å². The Kier molecular flexibility index (Phi) is 9.00. The Bertz CT molecular complexity index is 2040. The second kappa shape index (κ2) is 12.9. The van der Waals surface area contributed by atoms with Crippen molar-refractivity contribution in [2.45, 2.75) is 58.7 Å². The fourth-order valence-electron chi connectivity index (χ4n) is 7.42. The third-order valence-electron chi connectivity index (χ3n) is 9.54. The molecule has 1 amide bonds. The van der Waals surface area contributed by atoms with Crippen molar-refractivity contribution in [1.29, 1.82) is 0 Å². The first-order chi connectivity index (χ1) is 23.2. The number of nitrogens with zero attached hydrogens (tertiary/aromatic N) is 4. The molecule has 0 aliphatic carbocycles. The van der Waals surface area contributed by atoms with Crippen molar-refractivity contribution in [1.82, 2.24) is 14.4 Å². The van der Waals surface area contributed by atoms with Crippen LogP contribution in [-0.4, -0.2) is 71.3 Å². The summed E-state index contributed by atoms with van der Waals surface area (Å²) in [5.74, 6) is -4.39. The van der Waals surface area contributed by atoms with Gasteiger partial charge in [0.1, 0.15) is 17.4 Å². The zero-order valence-corrected chi connectivity index (χ0v) is 28.6. The Morgan fingerprint density at radius 3 is 2.49 bits per heavy atom. The lowest BCUT2D eigenvalue weighted by Gasteiger charge is -2.45. The van der Waals surface area contributed by atoms with Gasteiger partial charge in [0.25, 0.3) is 5.56 Å². The molecule has 2 unspecified atom stereocenters. The number of carbonyl (C=O) groups excluding carboxylic acids is 1. The van der Waals surface area contributed by atoms with Crippen LogP contribution in [-0.2, 0) is 11.3 Å². The van der Waals surface area contributed by atoms with Crippen molar-refractivity contribution < 1.29 is 27.8 Å². The van der Waals surface area contributed by atoms with Crippen molar-refractivity contribution in [2.24, 2.45) is 0 Å². The predicted octanol–water partition coefficient (Wildman–Crippen LogP) is 6.65. The minimum absolute atomic E-state index is 0.0539. The molecule has 3 heterocycles. The van der Waals surface area contributed by atoms with Crippen LogP contribution in [0.2, 0.25) is 0 Å². The third-order valence-corrected chi connectivity index (χ3v) is 9.54. The molecular formula is C38H41F3N4O4. The Balaban J connectivity index is 1.76. The zero-order valence-electron chi connectivity index (χ0n) is 28.6. The molecule has 6 rings (SSSR count). The maximum atomic E-state index is 17.4. The van der Waals surface area contributed by atoms with Crippen molar-refractivity contribution in [3.8, 4) is 28.3 Å². The summed E-state index contributed by atoms with van der Waals surface area (Å²) in [7, 11) is 3.90. The first-order valence-electron chi connectivity index (χ1n) is 16.4. The van der Waals surface area contributed by atoms with Gasteiger partial charge in [-0.05, 0) is 74.8 Å². The predicted molar refractivity (Wildman–Crippen MR) is 185 cm³/mol. The van der Waals surface area contributed by atoms with Crippen molar-refractivity contribution in [3.05, 3.63) is 93.5 Å². The highest BCUT2D eigenvalue weighted by atomic mass is 19.1. The maximum absolute atomic E-state index is 17.4. The number of fused-ring (bicyclic) bond motifs is 5. The number of aryl methyl sites for hydroxylation is 1. The van der Waals surface area contributed by atoms with Crippen LogP contribution < -0.4 is 15.2 Å². The summed E-state index contributed by atoms with van der Waals surface area (Å²) < 4.78 is 56.5. The number of aromatic nitrogens is 1. The smallest absolute Gasteiger partial charge is 0.300 e. The van der Waals surface area contributed by atoms with Gasteiger partial charge in [-0.25, -0.2) is 13.2 Å². The number of phenolic OH excluding ortho intramolecular Hbond substituents is 1. The largest absolute Gasteiger partial charge is 0.507 e. The third kappa shape index (κ3) is 5.73. The number of carbonyl (C=O) groups is 1. The Morgan fingerprint density at radius 2 is 1.84 bits per heavy atom. The second-order valence-corrected chi connectivity index (χ2v) is 13.6. The minimum atomic E-state index is -1.20. The van der Waals surface area contributed by atoms with Gasteiger partial charge >= 0.3 is 0 Å². The highest BCUT2D eigenvalue weighted by Crippen LogP contribution is 2.46. The van der Waals surface area contributed by atoms with Crippen LogP contribution in [0.4, 0.5) is 18.9 Å². The van der Waals surface area contributed by atoms with E-state index >= 15 is 13.2 Å². The molecule has 0 spiro atoms. The summed E-state index contributed by atoms with van der Waals surface area (Å²) in [6, 6.07) is 7.76. The second-order valence-electron chi connectivity index (χ2n) is 13.6. The van der Waals surface area contributed by atoms with E-state index in [4.69, 9.17) is 4.74 Å². The Hall–Kier alpha value is -4.77. The van der Waals surface area contributed by atoms with Crippen LogP contribution in [0.1, 0.15) is 49.8 Å². The summed E-state index contributed by atoms with van der Waals surface area (Å²) in [5, 5.41) is 10.7. The lowest BCUT2D eigenvalue weighted by atomic mass is 9.93. The quantitative estimate of drug-likeness (QED) is 0.231. The van der Waals surface area contributed by atoms with Crippen molar-refractivity contribution in [2.75, 3.05) is 38.7 Å². The van der Waals surface area contributed by atoms with E-state index in [9.17, 15) is 14.7 Å². The molecule has 2 aliphatic rings. The van der Waals surface area contributed by atoms with Gasteiger partial charge in [0.15, 0.2) is 5.82 Å². The molecule has 0 saturated carbocycles. The number of ether oxygens (including phenoxy) is 1. The topological polar surface area (TPSA) is 78.2 Å². The van der Waals surface area contributed by atoms with Crippen LogP contribution >= 0.6 is 0 Å². The number of rotatable bonds is 6. The standard InChI is InChI=1S/C38H41F3N4O4/c1-8-30(47)43-19-24-12-13-49-37-36(44(24)17-22(43)5)26-16-28(40)32(31-27(39)10-9-11-29(31)46)33(41)35(26)45(38(37)48)34-21(4)14-23(18-42(6)7)15-25(34)20(2)3/h8-11,14-16,20,22,24,46H,1,12-13,17-19H2,2-7H3. The highest BCUT2D eigenvalue weighted by molar-refractivity contribution is 6.00. The molecule has 2 aliphatic heterocycles. The molecule has 1 fully saturated rings. The molecule has 1 saturated heterocycles. The van der Waals surface area contributed by atoms with E-state index in [-0.39, 0.29) is 65.9 Å². The van der Waals surface area contributed by atoms with E-state index in [2.05, 4.69) is 6.58 Å². The average molecular weight is 675 g/mol. The Morgan fingerprint density at radius 1 is 1.10 bits per heavy atom. The number of hydrogen-bond donors (Lipinski definition) is 1. The molecule has 4 aromatic rings. The van der Waals surface area contributed by atoms with E-state index in [1.54, 1.807) is 4.90 Å². The maximum Gasteiger partial charge on any atom is 0.300 e. The lowest BCUT2D eigenvalue weighted by Crippen LogP contribution is -2.59. The van der Waals surface area contributed by atoms with Gasteiger partial charge in [-0.15, -0.1) is 0 Å². The van der Waals surface area contributed by atoms with E-state index in [0.717, 1.165) is 29.3 Å². The zero-order chi connectivity index (χ0) is 35.5. The molecule has 1 aromatic heterocycles. The van der Waals surface area contributed by atoms with E-state index < -0.39 is 39.9 Å². The molecule has 1 N–H and O–H groups in total. The molecule has 3 aromatic carbocycles. The van der Waals surface area contributed by atoms with Gasteiger partial charge < -0.3 is 24.5 Å². The summed E-state index contributed by atoms with van der Waals surface area (Å²) in [4.78, 5) is 33.2. The van der Waals surface area contributed by atoms with Crippen LogP contribution in [0, 0.1) is 24.4 Å². The average Bonchev–Trinajstić information content (AvgIpc) is 3.21. The van der Waals surface area contributed by atoms with Crippen LogP contribution in [0.15, 0.2) is 53.8 Å². The van der Waals surface area contributed by atoms with Crippen molar-refractivity contribution >= 4 is 22.5 Å².